The van der Waals surface area contributed by atoms with Crippen LogP contribution in [0.25, 0.3) is 11.3 Å². The van der Waals surface area contributed by atoms with E-state index in [0.29, 0.717) is 6.54 Å². The third kappa shape index (κ3) is 2.46. The summed E-state index contributed by atoms with van der Waals surface area (Å²) in [5.74, 6) is 0.912. The van der Waals surface area contributed by atoms with Gasteiger partial charge in [-0.15, -0.1) is 0 Å². The molecule has 1 aromatic carbocycles. The third-order valence-corrected chi connectivity index (χ3v) is 4.16. The van der Waals surface area contributed by atoms with E-state index in [4.69, 9.17) is 10.7 Å². The molecule has 20 heavy (non-hydrogen) atoms. The molecule has 0 bridgehead atoms. The number of benzene rings is 1. The molecule has 1 saturated carbocycles. The maximum Gasteiger partial charge on any atom is 0.136 e. The van der Waals surface area contributed by atoms with Crippen LogP contribution in [-0.2, 0) is 11.8 Å². The van der Waals surface area contributed by atoms with Crippen molar-refractivity contribution in [2.75, 3.05) is 6.54 Å². The van der Waals surface area contributed by atoms with Crippen molar-refractivity contribution >= 4 is 0 Å². The van der Waals surface area contributed by atoms with E-state index < -0.39 is 0 Å². The van der Waals surface area contributed by atoms with Crippen molar-refractivity contribution in [1.82, 2.24) is 9.97 Å². The van der Waals surface area contributed by atoms with Crippen molar-refractivity contribution in [3.05, 3.63) is 47.9 Å². The van der Waals surface area contributed by atoms with Crippen molar-refractivity contribution in [1.29, 1.82) is 0 Å². The number of aromatic nitrogens is 2. The smallest absolute Gasteiger partial charge is 0.136 e. The lowest BCUT2D eigenvalue weighted by Crippen LogP contribution is -2.22. The maximum absolute atomic E-state index is 5.86. The molecule has 1 aliphatic rings. The Labute approximate surface area is 120 Å². The van der Waals surface area contributed by atoms with Gasteiger partial charge in [0, 0.05) is 23.7 Å². The molecule has 0 aliphatic heterocycles. The van der Waals surface area contributed by atoms with Crippen LogP contribution in [0, 0.1) is 0 Å². The number of nitrogens with two attached hydrogens (primary N) is 1. The molecule has 0 unspecified atom stereocenters. The largest absolute Gasteiger partial charge is 0.329 e. The zero-order chi connectivity index (χ0) is 14.0. The van der Waals surface area contributed by atoms with Gasteiger partial charge in [0.05, 0.1) is 5.69 Å². The first-order valence-electron chi connectivity index (χ1n) is 7.40. The summed E-state index contributed by atoms with van der Waals surface area (Å²) in [7, 11) is 0. The van der Waals surface area contributed by atoms with Gasteiger partial charge in [-0.1, -0.05) is 37.6 Å². The lowest BCUT2D eigenvalue weighted by Gasteiger charge is -2.11. The maximum atomic E-state index is 5.86. The van der Waals surface area contributed by atoms with Gasteiger partial charge in [0.1, 0.15) is 5.82 Å². The molecule has 0 radical (unpaired) electrons. The highest BCUT2D eigenvalue weighted by atomic mass is 14.9. The second-order valence-electron chi connectivity index (χ2n) is 5.70. The number of nitrogens with zero attached hydrogens (tertiary/aromatic N) is 2. The molecular formula is C17H21N3. The van der Waals surface area contributed by atoms with E-state index in [9.17, 15) is 0 Å². The van der Waals surface area contributed by atoms with E-state index in [1.807, 2.05) is 12.3 Å². The van der Waals surface area contributed by atoms with E-state index >= 15 is 0 Å². The predicted molar refractivity (Wildman–Crippen MR) is 81.4 cm³/mol. The van der Waals surface area contributed by atoms with Gasteiger partial charge < -0.3 is 5.73 Å². The molecule has 1 aliphatic carbocycles. The van der Waals surface area contributed by atoms with Crippen LogP contribution >= 0.6 is 0 Å². The minimum absolute atomic E-state index is 0.0537. The van der Waals surface area contributed by atoms with Gasteiger partial charge in [0.2, 0.25) is 0 Å². The monoisotopic (exact) mass is 267 g/mol. The quantitative estimate of drug-likeness (QED) is 0.905. The molecule has 1 heterocycles. The molecule has 2 aromatic rings. The number of hydrogen-bond acceptors (Lipinski definition) is 3. The summed E-state index contributed by atoms with van der Waals surface area (Å²) >= 11 is 0. The third-order valence-electron chi connectivity index (χ3n) is 4.16. The minimum atomic E-state index is 0.0537. The fraction of sp³-hybridized carbons (Fsp3) is 0.412. The summed E-state index contributed by atoms with van der Waals surface area (Å²) in [5.41, 5.74) is 9.45. The van der Waals surface area contributed by atoms with Crippen molar-refractivity contribution in [3.8, 4) is 11.3 Å². The highest BCUT2D eigenvalue weighted by molar-refractivity contribution is 5.59. The fourth-order valence-corrected chi connectivity index (χ4v) is 2.58. The lowest BCUT2D eigenvalue weighted by molar-refractivity contribution is 0.649. The Morgan fingerprint density at radius 1 is 1.15 bits per heavy atom. The standard InChI is InChI=1S/C17H21N3/c1-2-3-13-4-6-14(7-5-13)15-8-11-19-16(20-15)17(12-18)9-10-17/h4-8,11H,2-3,9-10,12,18H2,1H3. The van der Waals surface area contributed by atoms with Gasteiger partial charge in [-0.25, -0.2) is 9.97 Å². The van der Waals surface area contributed by atoms with Gasteiger partial charge in [0.15, 0.2) is 0 Å². The molecule has 1 fully saturated rings. The number of aryl methyl sites for hydroxylation is 1. The van der Waals surface area contributed by atoms with Crippen LogP contribution in [0.15, 0.2) is 36.5 Å². The van der Waals surface area contributed by atoms with Crippen LogP contribution in [0.2, 0.25) is 0 Å². The Balaban J connectivity index is 1.88. The van der Waals surface area contributed by atoms with E-state index in [1.54, 1.807) is 0 Å². The van der Waals surface area contributed by atoms with Gasteiger partial charge in [-0.3, -0.25) is 0 Å². The minimum Gasteiger partial charge on any atom is -0.329 e. The Bertz CT molecular complexity index is 585. The van der Waals surface area contributed by atoms with Crippen LogP contribution in [0.5, 0.6) is 0 Å². The molecule has 1 aromatic heterocycles. The van der Waals surface area contributed by atoms with E-state index in [2.05, 4.69) is 36.2 Å². The summed E-state index contributed by atoms with van der Waals surface area (Å²) in [6.45, 7) is 2.85. The highest BCUT2D eigenvalue weighted by Crippen LogP contribution is 2.45. The first-order chi connectivity index (χ1) is 9.77. The van der Waals surface area contributed by atoms with E-state index in [-0.39, 0.29) is 5.41 Å². The SMILES string of the molecule is CCCc1ccc(-c2ccnc(C3(CN)CC3)n2)cc1. The van der Waals surface area contributed by atoms with E-state index in [0.717, 1.165) is 36.3 Å². The second kappa shape index (κ2) is 5.33. The van der Waals surface area contributed by atoms with Crippen molar-refractivity contribution < 1.29 is 0 Å². The molecular weight excluding hydrogens is 246 g/mol. The molecule has 2 N–H and O–H groups in total. The summed E-state index contributed by atoms with van der Waals surface area (Å²) in [6.07, 6.45) is 6.39. The van der Waals surface area contributed by atoms with Crippen LogP contribution in [0.3, 0.4) is 0 Å². The Kier molecular flexibility index (Phi) is 3.53. The van der Waals surface area contributed by atoms with Crippen LogP contribution in [-0.4, -0.2) is 16.5 Å². The summed E-state index contributed by atoms with van der Waals surface area (Å²) in [6, 6.07) is 10.7. The molecule has 3 rings (SSSR count). The topological polar surface area (TPSA) is 51.8 Å². The molecule has 0 saturated heterocycles. The summed E-state index contributed by atoms with van der Waals surface area (Å²) < 4.78 is 0. The lowest BCUT2D eigenvalue weighted by atomic mass is 10.0. The van der Waals surface area contributed by atoms with Crippen molar-refractivity contribution in [2.45, 2.75) is 38.0 Å². The fourth-order valence-electron chi connectivity index (χ4n) is 2.58. The Hall–Kier alpha value is -1.74. The van der Waals surface area contributed by atoms with Crippen LogP contribution < -0.4 is 5.73 Å². The van der Waals surface area contributed by atoms with Gasteiger partial charge in [0.25, 0.3) is 0 Å². The Morgan fingerprint density at radius 3 is 2.50 bits per heavy atom. The molecule has 0 atom stereocenters. The molecule has 0 spiro atoms. The highest BCUT2D eigenvalue weighted by Gasteiger charge is 2.45. The average Bonchev–Trinajstić information content (AvgIpc) is 3.30. The number of rotatable bonds is 5. The number of hydrogen-bond donors (Lipinski definition) is 1. The van der Waals surface area contributed by atoms with Gasteiger partial charge >= 0.3 is 0 Å². The van der Waals surface area contributed by atoms with Crippen LogP contribution in [0.4, 0.5) is 0 Å². The normalized spacial score (nSPS) is 16.1. The first kappa shape index (κ1) is 13.3. The summed E-state index contributed by atoms with van der Waals surface area (Å²) in [4.78, 5) is 9.16. The van der Waals surface area contributed by atoms with Gasteiger partial charge in [-0.05, 0) is 30.9 Å². The van der Waals surface area contributed by atoms with Crippen molar-refractivity contribution in [3.63, 3.8) is 0 Å². The zero-order valence-electron chi connectivity index (χ0n) is 12.0. The average molecular weight is 267 g/mol. The van der Waals surface area contributed by atoms with E-state index in [1.165, 1.54) is 12.0 Å². The second-order valence-corrected chi connectivity index (χ2v) is 5.70. The van der Waals surface area contributed by atoms with Crippen molar-refractivity contribution in [2.24, 2.45) is 5.73 Å². The molecule has 3 heteroatoms. The zero-order valence-corrected chi connectivity index (χ0v) is 12.0. The first-order valence-corrected chi connectivity index (χ1v) is 7.40. The predicted octanol–water partition coefficient (Wildman–Crippen LogP) is 3.09. The molecule has 0 amide bonds. The van der Waals surface area contributed by atoms with Gasteiger partial charge in [-0.2, -0.15) is 0 Å². The molecule has 104 valence electrons. The Morgan fingerprint density at radius 2 is 1.90 bits per heavy atom. The summed E-state index contributed by atoms with van der Waals surface area (Å²) in [5, 5.41) is 0. The molecule has 3 nitrogen and oxygen atoms in total. The van der Waals surface area contributed by atoms with Crippen LogP contribution in [0.1, 0.15) is 37.6 Å².